The molecule has 0 fully saturated rings. The number of aryl methyl sites for hydroxylation is 2. The van der Waals surface area contributed by atoms with Gasteiger partial charge in [0.1, 0.15) is 0 Å². The van der Waals surface area contributed by atoms with Crippen molar-refractivity contribution < 1.29 is 16.8 Å². The van der Waals surface area contributed by atoms with Crippen LogP contribution in [0.2, 0.25) is 0 Å². The summed E-state index contributed by atoms with van der Waals surface area (Å²) in [6.45, 7) is 5.84. The van der Waals surface area contributed by atoms with Crippen LogP contribution in [0.1, 0.15) is 56.6 Å². The molecule has 2 rings (SSSR count). The highest BCUT2D eigenvalue weighted by molar-refractivity contribution is 8.09. The second-order valence-electron chi connectivity index (χ2n) is 7.35. The highest BCUT2D eigenvalue weighted by atomic mass is 32.3. The van der Waals surface area contributed by atoms with Crippen molar-refractivity contribution in [3.05, 3.63) is 59.7 Å². The van der Waals surface area contributed by atoms with Gasteiger partial charge in [0.15, 0.2) is 24.3 Å². The zero-order valence-corrected chi connectivity index (χ0v) is 18.5. The van der Waals surface area contributed by atoms with Crippen molar-refractivity contribution in [3.63, 3.8) is 0 Å². The lowest BCUT2D eigenvalue weighted by Crippen LogP contribution is -2.31. The predicted octanol–water partition coefficient (Wildman–Crippen LogP) is 5.24. The first-order chi connectivity index (χ1) is 13.2. The standard InChI is InChI=1S/C22H30O4S2/c1-4-5-6-7-8-9-22(27(23,24)20-14-10-18(2)11-15-20)28(25,26)21-16-12-19(3)13-17-21/h10-17,22H,4-9H2,1-3H3. The molecule has 2 aromatic rings. The van der Waals surface area contributed by atoms with E-state index in [0.29, 0.717) is 6.42 Å². The average molecular weight is 423 g/mol. The van der Waals surface area contributed by atoms with Crippen molar-refractivity contribution in [2.45, 2.75) is 73.7 Å². The van der Waals surface area contributed by atoms with Gasteiger partial charge in [0.2, 0.25) is 0 Å². The Kier molecular flexibility index (Phi) is 7.84. The van der Waals surface area contributed by atoms with E-state index in [2.05, 4.69) is 6.92 Å². The van der Waals surface area contributed by atoms with Crippen LogP contribution in [0.15, 0.2) is 58.3 Å². The third-order valence-electron chi connectivity index (χ3n) is 4.93. The summed E-state index contributed by atoms with van der Waals surface area (Å²) in [6, 6.07) is 12.8. The smallest absolute Gasteiger partial charge is 0.195 e. The lowest BCUT2D eigenvalue weighted by Gasteiger charge is -2.19. The van der Waals surface area contributed by atoms with Gasteiger partial charge < -0.3 is 0 Å². The third-order valence-corrected chi connectivity index (χ3v) is 10.2. The summed E-state index contributed by atoms with van der Waals surface area (Å²) in [6.07, 6.45) is 4.64. The Bertz CT molecular complexity index is 883. The highest BCUT2D eigenvalue weighted by Gasteiger charge is 2.39. The van der Waals surface area contributed by atoms with E-state index < -0.39 is 24.3 Å². The molecule has 0 heterocycles. The Morgan fingerprint density at radius 2 is 1.04 bits per heavy atom. The summed E-state index contributed by atoms with van der Waals surface area (Å²) in [5.74, 6) is 0. The lowest BCUT2D eigenvalue weighted by atomic mass is 10.1. The summed E-state index contributed by atoms with van der Waals surface area (Å²) in [5, 5.41) is 0. The van der Waals surface area contributed by atoms with Crippen LogP contribution in [0, 0.1) is 13.8 Å². The molecule has 0 N–H and O–H groups in total. The zero-order chi connectivity index (χ0) is 20.8. The van der Waals surface area contributed by atoms with Gasteiger partial charge in [-0.05, 0) is 44.5 Å². The first-order valence-electron chi connectivity index (χ1n) is 9.80. The molecule has 0 aliphatic heterocycles. The van der Waals surface area contributed by atoms with Crippen LogP contribution >= 0.6 is 0 Å². The van der Waals surface area contributed by atoms with Crippen molar-refractivity contribution in [3.8, 4) is 0 Å². The van der Waals surface area contributed by atoms with Crippen molar-refractivity contribution in [2.24, 2.45) is 0 Å². The van der Waals surface area contributed by atoms with Crippen LogP contribution in [-0.4, -0.2) is 21.4 Å². The fourth-order valence-corrected chi connectivity index (χ4v) is 7.74. The number of unbranched alkanes of at least 4 members (excludes halogenated alkanes) is 4. The quantitative estimate of drug-likeness (QED) is 0.491. The molecule has 0 aromatic heterocycles. The van der Waals surface area contributed by atoms with Crippen molar-refractivity contribution in [1.29, 1.82) is 0 Å². The third kappa shape index (κ3) is 5.45. The second-order valence-corrected chi connectivity index (χ2v) is 11.9. The van der Waals surface area contributed by atoms with E-state index in [-0.39, 0.29) is 16.2 Å². The maximum atomic E-state index is 13.3. The summed E-state index contributed by atoms with van der Waals surface area (Å²) in [4.78, 5) is 0.125. The molecule has 0 aliphatic carbocycles. The van der Waals surface area contributed by atoms with Crippen LogP contribution < -0.4 is 0 Å². The molecule has 0 bridgehead atoms. The van der Waals surface area contributed by atoms with Crippen LogP contribution in [0.25, 0.3) is 0 Å². The minimum Gasteiger partial charge on any atom is -0.222 e. The monoisotopic (exact) mass is 422 g/mol. The van der Waals surface area contributed by atoms with Crippen molar-refractivity contribution in [2.75, 3.05) is 0 Å². The number of benzene rings is 2. The van der Waals surface area contributed by atoms with Gasteiger partial charge in [-0.2, -0.15) is 0 Å². The van der Waals surface area contributed by atoms with Crippen LogP contribution in [0.4, 0.5) is 0 Å². The molecule has 0 spiro atoms. The maximum Gasteiger partial charge on any atom is 0.195 e. The van der Waals surface area contributed by atoms with Gasteiger partial charge in [0.25, 0.3) is 0 Å². The normalized spacial score (nSPS) is 12.4. The van der Waals surface area contributed by atoms with Crippen LogP contribution in [0.5, 0.6) is 0 Å². The fraction of sp³-hybridized carbons (Fsp3) is 0.455. The zero-order valence-electron chi connectivity index (χ0n) is 16.9. The lowest BCUT2D eigenvalue weighted by molar-refractivity contribution is 0.555. The molecule has 0 saturated heterocycles. The van der Waals surface area contributed by atoms with E-state index in [1.54, 1.807) is 24.3 Å². The van der Waals surface area contributed by atoms with Crippen LogP contribution in [0.3, 0.4) is 0 Å². The molecule has 0 radical (unpaired) electrons. The topological polar surface area (TPSA) is 68.3 Å². The molecule has 6 heteroatoms. The SMILES string of the molecule is CCCCCCCC(S(=O)(=O)c1ccc(C)cc1)S(=O)(=O)c1ccc(C)cc1. The predicted molar refractivity (Wildman–Crippen MR) is 114 cm³/mol. The maximum absolute atomic E-state index is 13.3. The van der Waals surface area contributed by atoms with E-state index >= 15 is 0 Å². The second kappa shape index (κ2) is 9.70. The minimum atomic E-state index is -4.01. The molecule has 0 aliphatic rings. The molecule has 2 aromatic carbocycles. The van der Waals surface area contributed by atoms with E-state index in [0.717, 1.165) is 36.8 Å². The summed E-state index contributed by atoms with van der Waals surface area (Å²) < 4.78 is 51.6. The Morgan fingerprint density at radius 1 is 0.643 bits per heavy atom. The summed E-state index contributed by atoms with van der Waals surface area (Å²) >= 11 is 0. The molecule has 4 nitrogen and oxygen atoms in total. The van der Waals surface area contributed by atoms with Crippen molar-refractivity contribution in [1.82, 2.24) is 0 Å². The molecule has 0 unspecified atom stereocenters. The minimum absolute atomic E-state index is 0.0624. The number of hydrogen-bond acceptors (Lipinski definition) is 4. The summed E-state index contributed by atoms with van der Waals surface area (Å²) in [7, 11) is -8.03. The van der Waals surface area contributed by atoms with Gasteiger partial charge in [-0.3, -0.25) is 0 Å². The first kappa shape index (κ1) is 22.6. The van der Waals surface area contributed by atoms with Crippen LogP contribution in [-0.2, 0) is 19.7 Å². The molecule has 0 atom stereocenters. The fourth-order valence-electron chi connectivity index (χ4n) is 3.15. The molecule has 0 saturated carbocycles. The van der Waals surface area contributed by atoms with E-state index in [1.165, 1.54) is 24.3 Å². The molecule has 154 valence electrons. The Labute approximate surface area is 169 Å². The van der Waals surface area contributed by atoms with Gasteiger partial charge in [0, 0.05) is 0 Å². The van der Waals surface area contributed by atoms with Gasteiger partial charge in [0.05, 0.1) is 9.79 Å². The number of rotatable bonds is 10. The van der Waals surface area contributed by atoms with E-state index in [9.17, 15) is 16.8 Å². The average Bonchev–Trinajstić information content (AvgIpc) is 2.65. The van der Waals surface area contributed by atoms with Gasteiger partial charge >= 0.3 is 0 Å². The van der Waals surface area contributed by atoms with E-state index in [1.807, 2.05) is 13.8 Å². The van der Waals surface area contributed by atoms with Gasteiger partial charge in [-0.15, -0.1) is 0 Å². The molecule has 28 heavy (non-hydrogen) atoms. The Balaban J connectivity index is 2.40. The largest absolute Gasteiger partial charge is 0.222 e. The summed E-state index contributed by atoms with van der Waals surface area (Å²) in [5.41, 5.74) is 1.85. The first-order valence-corrected chi connectivity index (χ1v) is 12.9. The van der Waals surface area contributed by atoms with Gasteiger partial charge in [-0.25, -0.2) is 16.8 Å². The van der Waals surface area contributed by atoms with Crippen molar-refractivity contribution >= 4 is 19.7 Å². The highest BCUT2D eigenvalue weighted by Crippen LogP contribution is 2.30. The molecular formula is C22H30O4S2. The Morgan fingerprint density at radius 3 is 1.43 bits per heavy atom. The molecule has 0 amide bonds. The molecular weight excluding hydrogens is 392 g/mol. The number of hydrogen-bond donors (Lipinski definition) is 0. The number of sulfone groups is 2. The Hall–Kier alpha value is -1.66. The van der Waals surface area contributed by atoms with E-state index in [4.69, 9.17) is 0 Å². The van der Waals surface area contributed by atoms with Gasteiger partial charge in [-0.1, -0.05) is 74.4 Å².